The van der Waals surface area contributed by atoms with Crippen molar-refractivity contribution in [2.75, 3.05) is 7.11 Å². The SMILES string of the molecule is COc1ccc(-c2nn(-c3ccccc3)cc2/C=C(\C#N)c2nc(-c3ccc(Br)cc3)cs2)cc1. The van der Waals surface area contributed by atoms with E-state index in [1.54, 1.807) is 7.11 Å². The number of methoxy groups -OCH3 is 1. The van der Waals surface area contributed by atoms with Crippen LogP contribution >= 0.6 is 27.3 Å². The molecule has 0 aliphatic carbocycles. The number of aromatic nitrogens is 3. The van der Waals surface area contributed by atoms with Crippen LogP contribution in [-0.4, -0.2) is 21.9 Å². The van der Waals surface area contributed by atoms with Crippen molar-refractivity contribution < 1.29 is 4.74 Å². The smallest absolute Gasteiger partial charge is 0.134 e. The molecule has 2 heterocycles. The van der Waals surface area contributed by atoms with Gasteiger partial charge in [-0.2, -0.15) is 10.4 Å². The third-order valence-electron chi connectivity index (χ3n) is 5.42. The monoisotopic (exact) mass is 538 g/mol. The number of halogens is 1. The fourth-order valence-electron chi connectivity index (χ4n) is 3.63. The van der Waals surface area contributed by atoms with Crippen LogP contribution in [0, 0.1) is 11.3 Å². The van der Waals surface area contributed by atoms with Gasteiger partial charge >= 0.3 is 0 Å². The Morgan fingerprint density at radius 2 is 1.71 bits per heavy atom. The Kier molecular flexibility index (Phi) is 6.57. The summed E-state index contributed by atoms with van der Waals surface area (Å²) in [5.74, 6) is 0.773. The minimum absolute atomic E-state index is 0.487. The molecule has 2 aromatic heterocycles. The fraction of sp³-hybridized carbons (Fsp3) is 0.0357. The number of benzene rings is 3. The van der Waals surface area contributed by atoms with Crippen LogP contribution in [0.1, 0.15) is 10.6 Å². The number of nitrogens with zero attached hydrogens (tertiary/aromatic N) is 4. The Balaban J connectivity index is 1.58. The molecule has 35 heavy (non-hydrogen) atoms. The van der Waals surface area contributed by atoms with Gasteiger partial charge in [-0.05, 0) is 54.6 Å². The summed E-state index contributed by atoms with van der Waals surface area (Å²) in [5, 5.41) is 17.5. The highest BCUT2D eigenvalue weighted by molar-refractivity contribution is 9.10. The van der Waals surface area contributed by atoms with Crippen LogP contribution in [0.3, 0.4) is 0 Å². The molecule has 0 aliphatic rings. The molecule has 5 rings (SSSR count). The quantitative estimate of drug-likeness (QED) is 0.210. The molecule has 3 aromatic carbocycles. The van der Waals surface area contributed by atoms with E-state index < -0.39 is 0 Å². The molecule has 0 spiro atoms. The van der Waals surface area contributed by atoms with Crippen LogP contribution in [-0.2, 0) is 0 Å². The van der Waals surface area contributed by atoms with Gasteiger partial charge in [-0.15, -0.1) is 11.3 Å². The predicted molar refractivity (Wildman–Crippen MR) is 144 cm³/mol. The molecular formula is C28H19BrN4OS. The topological polar surface area (TPSA) is 63.7 Å². The van der Waals surface area contributed by atoms with Gasteiger partial charge in [0.25, 0.3) is 0 Å². The van der Waals surface area contributed by atoms with Crippen molar-refractivity contribution in [3.63, 3.8) is 0 Å². The van der Waals surface area contributed by atoms with E-state index in [9.17, 15) is 5.26 Å². The number of hydrogen-bond donors (Lipinski definition) is 0. The van der Waals surface area contributed by atoms with Crippen molar-refractivity contribution in [2.24, 2.45) is 0 Å². The van der Waals surface area contributed by atoms with Crippen molar-refractivity contribution in [1.29, 1.82) is 5.26 Å². The number of hydrogen-bond acceptors (Lipinski definition) is 5. The van der Waals surface area contributed by atoms with Crippen molar-refractivity contribution in [3.05, 3.63) is 105 Å². The van der Waals surface area contributed by atoms with Crippen molar-refractivity contribution in [3.8, 4) is 40.0 Å². The Morgan fingerprint density at radius 3 is 2.40 bits per heavy atom. The summed E-state index contributed by atoms with van der Waals surface area (Å²) >= 11 is 4.92. The van der Waals surface area contributed by atoms with Gasteiger partial charge < -0.3 is 4.74 Å². The third kappa shape index (κ3) is 4.94. The van der Waals surface area contributed by atoms with Crippen LogP contribution in [0.15, 0.2) is 94.9 Å². The first kappa shape index (κ1) is 22.8. The maximum absolute atomic E-state index is 10.0. The summed E-state index contributed by atoms with van der Waals surface area (Å²) in [7, 11) is 1.64. The lowest BCUT2D eigenvalue weighted by Gasteiger charge is -2.03. The highest BCUT2D eigenvalue weighted by Crippen LogP contribution is 2.31. The Morgan fingerprint density at radius 1 is 1.00 bits per heavy atom. The van der Waals surface area contributed by atoms with Crippen LogP contribution in [0.5, 0.6) is 5.75 Å². The lowest BCUT2D eigenvalue weighted by atomic mass is 10.1. The number of allylic oxidation sites excluding steroid dienone is 1. The first-order valence-electron chi connectivity index (χ1n) is 10.8. The number of ether oxygens (including phenoxy) is 1. The second-order valence-corrected chi connectivity index (χ2v) is 9.43. The molecule has 0 fully saturated rings. The zero-order chi connectivity index (χ0) is 24.2. The first-order valence-corrected chi connectivity index (χ1v) is 12.4. The van der Waals surface area contributed by atoms with E-state index in [0.29, 0.717) is 10.6 Å². The zero-order valence-corrected chi connectivity index (χ0v) is 21.1. The van der Waals surface area contributed by atoms with E-state index in [0.717, 1.165) is 44.0 Å². The van der Waals surface area contributed by atoms with E-state index in [1.165, 1.54) is 11.3 Å². The highest BCUT2D eigenvalue weighted by Gasteiger charge is 2.15. The standard InChI is InChI=1S/C28H19BrN4OS/c1-34-25-13-9-20(10-14-25)27-22(17-33(32-27)24-5-3-2-4-6-24)15-21(16-30)28-31-26(18-35-28)19-7-11-23(29)12-8-19/h2-15,17-18H,1H3/b21-15+. The van der Waals surface area contributed by atoms with Gasteiger partial charge in [-0.25, -0.2) is 9.67 Å². The molecule has 170 valence electrons. The maximum atomic E-state index is 10.0. The molecule has 0 saturated heterocycles. The number of rotatable bonds is 6. The second kappa shape index (κ2) is 10.1. The van der Waals surface area contributed by atoms with Crippen molar-refractivity contribution in [1.82, 2.24) is 14.8 Å². The van der Waals surface area contributed by atoms with Crippen molar-refractivity contribution >= 4 is 38.9 Å². The summed E-state index contributed by atoms with van der Waals surface area (Å²) in [4.78, 5) is 4.74. The molecule has 0 bridgehead atoms. The average Bonchev–Trinajstić information content (AvgIpc) is 3.56. The molecule has 7 heteroatoms. The minimum Gasteiger partial charge on any atom is -0.497 e. The minimum atomic E-state index is 0.487. The molecule has 5 nitrogen and oxygen atoms in total. The lowest BCUT2D eigenvalue weighted by Crippen LogP contribution is -1.94. The first-order chi connectivity index (χ1) is 17.1. The third-order valence-corrected chi connectivity index (χ3v) is 6.83. The molecule has 0 saturated carbocycles. The fourth-order valence-corrected chi connectivity index (χ4v) is 4.69. The average molecular weight is 539 g/mol. The normalized spacial score (nSPS) is 11.3. The molecule has 0 amide bonds. The van der Waals surface area contributed by atoms with E-state index in [2.05, 4.69) is 22.0 Å². The molecular weight excluding hydrogens is 520 g/mol. The predicted octanol–water partition coefficient (Wildman–Crippen LogP) is 7.50. The van der Waals surface area contributed by atoms with E-state index >= 15 is 0 Å². The zero-order valence-electron chi connectivity index (χ0n) is 18.7. The van der Waals surface area contributed by atoms with Crippen LogP contribution in [0.25, 0.3) is 39.9 Å². The van der Waals surface area contributed by atoms with Crippen LogP contribution in [0.4, 0.5) is 0 Å². The van der Waals surface area contributed by atoms with Gasteiger partial charge in [0.15, 0.2) is 0 Å². The Bertz CT molecular complexity index is 1530. The Hall–Kier alpha value is -3.99. The van der Waals surface area contributed by atoms with E-state index in [4.69, 9.17) is 14.8 Å². The van der Waals surface area contributed by atoms with E-state index in [-0.39, 0.29) is 0 Å². The number of para-hydroxylation sites is 1. The molecule has 5 aromatic rings. The molecule has 0 aliphatic heterocycles. The molecule has 0 radical (unpaired) electrons. The van der Waals surface area contributed by atoms with Gasteiger partial charge in [0.2, 0.25) is 0 Å². The van der Waals surface area contributed by atoms with E-state index in [1.807, 2.05) is 101 Å². The molecule has 0 N–H and O–H groups in total. The van der Waals surface area contributed by atoms with Gasteiger partial charge in [0.1, 0.15) is 16.8 Å². The highest BCUT2D eigenvalue weighted by atomic mass is 79.9. The summed E-state index contributed by atoms with van der Waals surface area (Å²) in [6.07, 6.45) is 3.80. The van der Waals surface area contributed by atoms with Crippen LogP contribution in [0.2, 0.25) is 0 Å². The second-order valence-electron chi connectivity index (χ2n) is 7.66. The van der Waals surface area contributed by atoms with Crippen LogP contribution < -0.4 is 4.74 Å². The Labute approximate surface area is 215 Å². The summed E-state index contributed by atoms with van der Waals surface area (Å²) in [5.41, 5.74) is 5.80. The van der Waals surface area contributed by atoms with Gasteiger partial charge in [0.05, 0.1) is 29.8 Å². The molecule has 0 atom stereocenters. The van der Waals surface area contributed by atoms with Gasteiger partial charge in [0, 0.05) is 32.7 Å². The number of nitriles is 1. The van der Waals surface area contributed by atoms with Gasteiger partial charge in [-0.1, -0.05) is 46.3 Å². The largest absolute Gasteiger partial charge is 0.497 e. The lowest BCUT2D eigenvalue weighted by molar-refractivity contribution is 0.415. The number of thiazole rings is 1. The van der Waals surface area contributed by atoms with Gasteiger partial charge in [-0.3, -0.25) is 0 Å². The summed E-state index contributed by atoms with van der Waals surface area (Å²) in [6.45, 7) is 0. The molecule has 0 unspecified atom stereocenters. The van der Waals surface area contributed by atoms with Crippen molar-refractivity contribution in [2.45, 2.75) is 0 Å². The maximum Gasteiger partial charge on any atom is 0.134 e. The summed E-state index contributed by atoms with van der Waals surface area (Å²) in [6, 6.07) is 27.9. The summed E-state index contributed by atoms with van der Waals surface area (Å²) < 4.78 is 8.14.